The van der Waals surface area contributed by atoms with Gasteiger partial charge in [-0.3, -0.25) is 4.79 Å². The summed E-state index contributed by atoms with van der Waals surface area (Å²) < 4.78 is 23.9. The van der Waals surface area contributed by atoms with Crippen LogP contribution in [0, 0.1) is 0 Å². The molecule has 0 spiro atoms. The first-order chi connectivity index (χ1) is 5.49. The van der Waals surface area contributed by atoms with Gasteiger partial charge in [0, 0.05) is 0 Å². The molecule has 68 valence electrons. The molecule has 3 saturated heterocycles. The van der Waals surface area contributed by atoms with Crippen molar-refractivity contribution >= 4 is 13.6 Å². The predicted molar refractivity (Wildman–Crippen MR) is 31.7 cm³/mol. The molecular weight excluding hydrogens is 191 g/mol. The summed E-state index contributed by atoms with van der Waals surface area (Å²) in [6.45, 7) is -0.973. The number of fused-ring (bicyclic) bond motifs is 2. The molecule has 3 aliphatic rings. The van der Waals surface area contributed by atoms with Crippen LogP contribution in [0.1, 0.15) is 0 Å². The van der Waals surface area contributed by atoms with Crippen molar-refractivity contribution in [2.24, 2.45) is 0 Å². The van der Waals surface area contributed by atoms with Gasteiger partial charge in [-0.15, -0.1) is 0 Å². The molecule has 2 bridgehead atoms. The van der Waals surface area contributed by atoms with E-state index in [0.29, 0.717) is 0 Å². The van der Waals surface area contributed by atoms with Crippen molar-refractivity contribution in [3.05, 3.63) is 0 Å². The molecule has 0 radical (unpaired) electrons. The summed E-state index contributed by atoms with van der Waals surface area (Å²) in [4.78, 5) is 11.0. The van der Waals surface area contributed by atoms with E-state index in [1.165, 1.54) is 0 Å². The molecular formula is C4H5O7P. The number of carbonyl (C=O) groups excluding carboxylic acids is 1. The second kappa shape index (κ2) is 2.14. The van der Waals surface area contributed by atoms with Gasteiger partial charge < -0.3 is 10.2 Å². The van der Waals surface area contributed by atoms with E-state index in [1.54, 1.807) is 0 Å². The molecule has 0 aromatic carbocycles. The molecule has 12 heavy (non-hydrogen) atoms. The molecule has 8 heteroatoms. The maximum atomic E-state index is 11.0. The molecule has 3 rings (SSSR count). The Labute approximate surface area is 66.5 Å². The molecule has 0 amide bonds. The third-order valence-electron chi connectivity index (χ3n) is 1.53. The van der Waals surface area contributed by atoms with Crippen LogP contribution in [0.15, 0.2) is 0 Å². The number of aliphatic hydroxyl groups is 2. The van der Waals surface area contributed by atoms with E-state index in [4.69, 9.17) is 10.2 Å². The number of rotatable bonds is 1. The summed E-state index contributed by atoms with van der Waals surface area (Å²) in [7, 11) is -3.75. The number of hydrogen-bond donors (Lipinski definition) is 2. The summed E-state index contributed by atoms with van der Waals surface area (Å²) in [5.74, 6) is -3.42. The lowest BCUT2D eigenvalue weighted by Gasteiger charge is -2.44. The maximum Gasteiger partial charge on any atom is 0.483 e. The van der Waals surface area contributed by atoms with E-state index in [0.717, 1.165) is 0 Å². The molecule has 2 N–H and O–H groups in total. The van der Waals surface area contributed by atoms with Crippen LogP contribution >= 0.6 is 7.82 Å². The lowest BCUT2D eigenvalue weighted by atomic mass is 10.2. The van der Waals surface area contributed by atoms with Crippen LogP contribution in [0.5, 0.6) is 0 Å². The number of hydrogen-bond acceptors (Lipinski definition) is 7. The lowest BCUT2D eigenvalue weighted by molar-refractivity contribution is -0.260. The normalized spacial score (nSPS) is 51.8. The van der Waals surface area contributed by atoms with E-state index in [-0.39, 0.29) is 0 Å². The van der Waals surface area contributed by atoms with Crippen molar-refractivity contribution < 1.29 is 33.1 Å². The van der Waals surface area contributed by atoms with Crippen LogP contribution < -0.4 is 0 Å². The Kier molecular flexibility index (Phi) is 1.48. The van der Waals surface area contributed by atoms with Gasteiger partial charge in [0.15, 0.2) is 0 Å². The summed E-state index contributed by atoms with van der Waals surface area (Å²) in [5, 5.41) is 17.7. The minimum absolute atomic E-state index is 0.973. The van der Waals surface area contributed by atoms with E-state index in [2.05, 4.69) is 13.6 Å². The first kappa shape index (κ1) is 8.31. The third kappa shape index (κ3) is 0.891. The zero-order valence-corrected chi connectivity index (χ0v) is 6.56. The van der Waals surface area contributed by atoms with Gasteiger partial charge in [0.05, 0.1) is 0 Å². The minimum Gasteiger partial charge on any atom is -0.390 e. The fourth-order valence-electron chi connectivity index (χ4n) is 0.902. The van der Waals surface area contributed by atoms with Gasteiger partial charge in [0.1, 0.15) is 6.61 Å². The van der Waals surface area contributed by atoms with Crippen LogP contribution in [0.25, 0.3) is 0 Å². The molecule has 0 aromatic rings. The van der Waals surface area contributed by atoms with Crippen LogP contribution in [0.3, 0.4) is 0 Å². The molecule has 3 aliphatic heterocycles. The number of aliphatic hydroxyl groups excluding tert-OH is 1. The van der Waals surface area contributed by atoms with Crippen LogP contribution in [-0.2, 0) is 22.9 Å². The Bertz CT molecular complexity index is 277. The lowest BCUT2D eigenvalue weighted by Crippen LogP contribution is -2.59. The van der Waals surface area contributed by atoms with E-state index >= 15 is 0 Å². The Morgan fingerprint density at radius 2 is 2.17 bits per heavy atom. The molecule has 0 unspecified atom stereocenters. The fraction of sp³-hybridized carbons (Fsp3) is 0.750. The topological polar surface area (TPSA) is 102 Å². The number of ketones is 1. The third-order valence-corrected chi connectivity index (χ3v) is 2.95. The van der Waals surface area contributed by atoms with E-state index in [9.17, 15) is 9.36 Å². The number of phosphoric ester groups is 1. The highest BCUT2D eigenvalue weighted by atomic mass is 31.2. The summed E-state index contributed by atoms with van der Waals surface area (Å²) in [6.07, 6.45) is -1.37. The molecule has 3 heterocycles. The Morgan fingerprint density at radius 1 is 1.58 bits per heavy atom. The first-order valence-corrected chi connectivity index (χ1v) is 4.50. The predicted octanol–water partition coefficient (Wildman–Crippen LogP) is -1.25. The van der Waals surface area contributed by atoms with Crippen molar-refractivity contribution in [2.45, 2.75) is 12.1 Å². The quantitative estimate of drug-likeness (QED) is 0.505. The Hall–Kier alpha value is -0.300. The molecule has 0 aliphatic carbocycles. The molecule has 0 saturated carbocycles. The van der Waals surface area contributed by atoms with Gasteiger partial charge in [0.25, 0.3) is 11.6 Å². The fourth-order valence-corrected chi connectivity index (χ4v) is 2.18. The monoisotopic (exact) mass is 196 g/mol. The average molecular weight is 196 g/mol. The van der Waals surface area contributed by atoms with Crippen molar-refractivity contribution in [2.75, 3.05) is 6.61 Å². The van der Waals surface area contributed by atoms with Crippen LogP contribution in [-0.4, -0.2) is 34.7 Å². The Balaban J connectivity index is 2.29. The van der Waals surface area contributed by atoms with Gasteiger partial charge in [-0.25, -0.2) is 18.1 Å². The molecule has 3 fully saturated rings. The van der Waals surface area contributed by atoms with Gasteiger partial charge >= 0.3 is 7.82 Å². The minimum atomic E-state index is -3.75. The standard InChI is InChI=1S/C4H5O7P/c5-1-4(7)2(6)3-9-12(8,10-3)11-4/h3,5,7H,1H2/t3?,4-,12?/m0/s1. The highest BCUT2D eigenvalue weighted by molar-refractivity contribution is 7.50. The highest BCUT2D eigenvalue weighted by Crippen LogP contribution is 2.66. The van der Waals surface area contributed by atoms with Gasteiger partial charge in [-0.1, -0.05) is 0 Å². The highest BCUT2D eigenvalue weighted by Gasteiger charge is 2.65. The number of carbonyl (C=O) groups is 1. The Morgan fingerprint density at radius 3 is 2.58 bits per heavy atom. The average Bonchev–Trinajstić information content (AvgIpc) is 1.96. The van der Waals surface area contributed by atoms with Gasteiger partial charge in [-0.2, -0.15) is 0 Å². The van der Waals surface area contributed by atoms with Crippen molar-refractivity contribution in [3.63, 3.8) is 0 Å². The number of phosphoric acid groups is 1. The van der Waals surface area contributed by atoms with E-state index < -0.39 is 32.3 Å². The van der Waals surface area contributed by atoms with Gasteiger partial charge in [0.2, 0.25) is 6.29 Å². The van der Waals surface area contributed by atoms with Crippen LogP contribution in [0.4, 0.5) is 0 Å². The first-order valence-electron chi connectivity index (χ1n) is 3.04. The number of Topliss-reactive ketones (excluding diaryl/α,β-unsaturated/α-hetero) is 1. The summed E-state index contributed by atoms with van der Waals surface area (Å²) in [6, 6.07) is 0. The molecule has 1 atom stereocenters. The van der Waals surface area contributed by atoms with Gasteiger partial charge in [-0.05, 0) is 0 Å². The SMILES string of the molecule is O=C1C2OP(=O)(O2)O[C@@]1(O)CO. The zero-order chi connectivity index (χ0) is 8.98. The van der Waals surface area contributed by atoms with Crippen molar-refractivity contribution in [1.82, 2.24) is 0 Å². The smallest absolute Gasteiger partial charge is 0.390 e. The molecule has 0 aromatic heterocycles. The zero-order valence-electron chi connectivity index (χ0n) is 5.67. The maximum absolute atomic E-state index is 11.0. The molecule has 7 nitrogen and oxygen atoms in total. The van der Waals surface area contributed by atoms with Crippen molar-refractivity contribution in [3.8, 4) is 0 Å². The largest absolute Gasteiger partial charge is 0.483 e. The van der Waals surface area contributed by atoms with E-state index in [1.807, 2.05) is 0 Å². The summed E-state index contributed by atoms with van der Waals surface area (Å²) in [5.41, 5.74) is 0. The second-order valence-electron chi connectivity index (χ2n) is 2.39. The summed E-state index contributed by atoms with van der Waals surface area (Å²) >= 11 is 0. The van der Waals surface area contributed by atoms with Crippen LogP contribution in [0.2, 0.25) is 0 Å². The second-order valence-corrected chi connectivity index (χ2v) is 3.89. The van der Waals surface area contributed by atoms with Crippen molar-refractivity contribution in [1.29, 1.82) is 0 Å².